The van der Waals surface area contributed by atoms with Gasteiger partial charge in [-0.1, -0.05) is 35.9 Å². The van der Waals surface area contributed by atoms with E-state index in [1.54, 1.807) is 22.1 Å². The highest BCUT2D eigenvalue weighted by molar-refractivity contribution is 7.10. The van der Waals surface area contributed by atoms with Gasteiger partial charge in [0.2, 0.25) is 0 Å². The third kappa shape index (κ3) is 4.72. The third-order valence-corrected chi connectivity index (χ3v) is 7.55. The molecule has 2 N–H and O–H groups in total. The Hall–Kier alpha value is -3.47. The summed E-state index contributed by atoms with van der Waals surface area (Å²) in [4.78, 5) is 28.1. The molecule has 0 radical (unpaired) electrons. The average Bonchev–Trinajstić information content (AvgIpc) is 3.46. The van der Waals surface area contributed by atoms with Crippen LogP contribution in [0.4, 0.5) is 11.4 Å². The van der Waals surface area contributed by atoms with Gasteiger partial charge in [0.25, 0.3) is 11.2 Å². The molecule has 11 heteroatoms. The number of aromatic amines is 1. The summed E-state index contributed by atoms with van der Waals surface area (Å²) in [6, 6.07) is 14.5. The standard InChI is InChI=1S/C24H23ClN6O3S/c1-15-22(23(32)28-30(15)18-5-3-2-4-6-18)27-29-11-9-16(10-12-29)24-26-20(14-35-24)17-7-8-19(25)21(13-17)31(33)34/h2-8,13-14,16,27H,9-12H2,1H3,(H,28,32). The van der Waals surface area contributed by atoms with Gasteiger partial charge in [-0.25, -0.2) is 9.99 Å². The van der Waals surface area contributed by atoms with Crippen LogP contribution in [0.15, 0.2) is 58.7 Å². The molecule has 0 unspecified atom stereocenters. The first-order valence-electron chi connectivity index (χ1n) is 11.2. The number of nitro groups is 1. The lowest BCUT2D eigenvalue weighted by Crippen LogP contribution is -2.38. The maximum atomic E-state index is 12.6. The fourth-order valence-electron chi connectivity index (χ4n) is 4.30. The number of H-pyrrole nitrogens is 1. The monoisotopic (exact) mass is 510 g/mol. The highest BCUT2D eigenvalue weighted by Crippen LogP contribution is 2.35. The Morgan fingerprint density at radius 3 is 2.66 bits per heavy atom. The van der Waals surface area contributed by atoms with Gasteiger partial charge in [-0.2, -0.15) is 0 Å². The van der Waals surface area contributed by atoms with E-state index in [-0.39, 0.29) is 16.3 Å². The zero-order chi connectivity index (χ0) is 24.5. The van der Waals surface area contributed by atoms with E-state index in [2.05, 4.69) is 15.5 Å². The van der Waals surface area contributed by atoms with Gasteiger partial charge < -0.3 is 5.43 Å². The number of thiazole rings is 1. The number of nitrogens with zero attached hydrogens (tertiary/aromatic N) is 4. The molecule has 0 spiro atoms. The van der Waals surface area contributed by atoms with Crippen molar-refractivity contribution in [3.8, 4) is 16.9 Å². The van der Waals surface area contributed by atoms with E-state index in [0.29, 0.717) is 17.2 Å². The normalized spacial score (nSPS) is 14.8. The smallest absolute Gasteiger partial charge is 0.289 e. The summed E-state index contributed by atoms with van der Waals surface area (Å²) in [6.45, 7) is 3.45. The van der Waals surface area contributed by atoms with Gasteiger partial charge in [0, 0.05) is 36.0 Å². The Morgan fingerprint density at radius 1 is 1.20 bits per heavy atom. The summed E-state index contributed by atoms with van der Waals surface area (Å²) >= 11 is 7.51. The number of piperidine rings is 1. The molecule has 0 amide bonds. The van der Waals surface area contributed by atoms with Gasteiger partial charge >= 0.3 is 0 Å². The van der Waals surface area contributed by atoms with Crippen molar-refractivity contribution in [2.45, 2.75) is 25.7 Å². The average molecular weight is 511 g/mol. The lowest BCUT2D eigenvalue weighted by Gasteiger charge is -2.31. The second-order valence-corrected chi connectivity index (χ2v) is 9.74. The van der Waals surface area contributed by atoms with Gasteiger partial charge in [-0.3, -0.25) is 24.7 Å². The molecule has 0 aliphatic carbocycles. The van der Waals surface area contributed by atoms with E-state index >= 15 is 0 Å². The lowest BCUT2D eigenvalue weighted by atomic mass is 9.98. The fourth-order valence-corrected chi connectivity index (χ4v) is 5.49. The number of halogens is 1. The first-order valence-corrected chi connectivity index (χ1v) is 12.4. The van der Waals surface area contributed by atoms with Crippen molar-refractivity contribution in [3.63, 3.8) is 0 Å². The minimum absolute atomic E-state index is 0.113. The maximum Gasteiger partial charge on any atom is 0.289 e. The Bertz CT molecular complexity index is 1420. The van der Waals surface area contributed by atoms with Crippen molar-refractivity contribution in [2.24, 2.45) is 0 Å². The lowest BCUT2D eigenvalue weighted by molar-refractivity contribution is -0.384. The maximum absolute atomic E-state index is 12.6. The quantitative estimate of drug-likeness (QED) is 0.267. The van der Waals surface area contributed by atoms with E-state index in [4.69, 9.17) is 16.6 Å². The number of para-hydroxylation sites is 1. The molecule has 1 aliphatic rings. The summed E-state index contributed by atoms with van der Waals surface area (Å²) in [6.07, 6.45) is 1.77. The molecule has 0 bridgehead atoms. The Labute approximate surface area is 210 Å². The molecular weight excluding hydrogens is 488 g/mol. The van der Waals surface area contributed by atoms with Crippen LogP contribution in [0.3, 0.4) is 0 Å². The number of hydrogen-bond donors (Lipinski definition) is 2. The van der Waals surface area contributed by atoms with Gasteiger partial charge in [0.15, 0.2) is 0 Å². The van der Waals surface area contributed by atoms with Crippen molar-refractivity contribution in [1.29, 1.82) is 0 Å². The SMILES string of the molecule is Cc1c(NN2CCC(c3nc(-c4ccc(Cl)c([N+](=O)[O-])c4)cs3)CC2)c(=O)[nH]n1-c1ccccc1. The number of anilines is 1. The van der Waals surface area contributed by atoms with Crippen LogP contribution in [0.25, 0.3) is 16.9 Å². The molecule has 2 aromatic carbocycles. The van der Waals surface area contributed by atoms with Crippen LogP contribution in [0.5, 0.6) is 0 Å². The zero-order valence-electron chi connectivity index (χ0n) is 18.9. The molecule has 1 saturated heterocycles. The molecule has 180 valence electrons. The topological polar surface area (TPSA) is 109 Å². The first kappa shape index (κ1) is 23.3. The zero-order valence-corrected chi connectivity index (χ0v) is 20.5. The largest absolute Gasteiger partial charge is 0.312 e. The van der Waals surface area contributed by atoms with Crippen molar-refractivity contribution < 1.29 is 4.92 Å². The van der Waals surface area contributed by atoms with Crippen molar-refractivity contribution in [1.82, 2.24) is 19.8 Å². The van der Waals surface area contributed by atoms with Gasteiger partial charge in [0.05, 0.1) is 27.0 Å². The number of hydrogen-bond acceptors (Lipinski definition) is 7. The van der Waals surface area contributed by atoms with Gasteiger partial charge in [-0.05, 0) is 38.0 Å². The van der Waals surface area contributed by atoms with E-state index in [1.165, 1.54) is 12.1 Å². The van der Waals surface area contributed by atoms with Crippen molar-refractivity contribution in [3.05, 3.63) is 90.1 Å². The molecular formula is C24H23ClN6O3S. The Kier molecular flexibility index (Phi) is 6.42. The van der Waals surface area contributed by atoms with Crippen molar-refractivity contribution in [2.75, 3.05) is 18.5 Å². The number of aromatic nitrogens is 3. The number of nitro benzene ring substituents is 1. The van der Waals surface area contributed by atoms with Crippen LogP contribution in [-0.4, -0.2) is 37.8 Å². The molecule has 35 heavy (non-hydrogen) atoms. The number of nitrogens with one attached hydrogen (secondary N) is 2. The molecule has 5 rings (SSSR count). The molecule has 1 aliphatic heterocycles. The summed E-state index contributed by atoms with van der Waals surface area (Å²) in [7, 11) is 0. The summed E-state index contributed by atoms with van der Waals surface area (Å²) < 4.78 is 1.79. The minimum Gasteiger partial charge on any atom is -0.312 e. The predicted molar refractivity (Wildman–Crippen MR) is 138 cm³/mol. The highest BCUT2D eigenvalue weighted by Gasteiger charge is 2.25. The van der Waals surface area contributed by atoms with E-state index in [1.807, 2.05) is 42.6 Å². The van der Waals surface area contributed by atoms with Crippen molar-refractivity contribution >= 4 is 34.3 Å². The van der Waals surface area contributed by atoms with E-state index in [0.717, 1.165) is 48.0 Å². The van der Waals surface area contributed by atoms with Crippen LogP contribution in [0.2, 0.25) is 5.02 Å². The Morgan fingerprint density at radius 2 is 1.94 bits per heavy atom. The van der Waals surface area contributed by atoms with Crippen LogP contribution >= 0.6 is 22.9 Å². The van der Waals surface area contributed by atoms with Crippen LogP contribution in [-0.2, 0) is 0 Å². The van der Waals surface area contributed by atoms with Crippen LogP contribution < -0.4 is 11.0 Å². The molecule has 9 nitrogen and oxygen atoms in total. The van der Waals surface area contributed by atoms with Crippen LogP contribution in [0.1, 0.15) is 29.5 Å². The molecule has 0 saturated carbocycles. The van der Waals surface area contributed by atoms with Gasteiger partial charge in [0.1, 0.15) is 10.7 Å². The molecule has 3 heterocycles. The minimum atomic E-state index is -0.483. The number of benzene rings is 2. The van der Waals surface area contributed by atoms with Gasteiger partial charge in [-0.15, -0.1) is 11.3 Å². The highest BCUT2D eigenvalue weighted by atomic mass is 35.5. The summed E-state index contributed by atoms with van der Waals surface area (Å²) in [5.74, 6) is 0.294. The number of rotatable bonds is 6. The molecule has 4 aromatic rings. The first-order chi connectivity index (χ1) is 16.9. The summed E-state index contributed by atoms with van der Waals surface area (Å²) in [5.41, 5.74) is 6.70. The third-order valence-electron chi connectivity index (χ3n) is 6.23. The predicted octanol–water partition coefficient (Wildman–Crippen LogP) is 5.37. The summed E-state index contributed by atoms with van der Waals surface area (Å²) in [5, 5.41) is 19.2. The molecule has 0 atom stereocenters. The second kappa shape index (κ2) is 9.65. The Balaban J connectivity index is 1.25. The molecule has 1 fully saturated rings. The van der Waals surface area contributed by atoms with E-state index < -0.39 is 4.92 Å². The molecule has 2 aromatic heterocycles. The van der Waals surface area contributed by atoms with Crippen LogP contribution in [0, 0.1) is 17.0 Å². The van der Waals surface area contributed by atoms with E-state index in [9.17, 15) is 14.9 Å². The number of hydrazine groups is 1. The fraction of sp³-hybridized carbons (Fsp3) is 0.250. The second-order valence-electron chi connectivity index (χ2n) is 8.44.